The Balaban J connectivity index is 0.00000192. The number of hydrogen-bond acceptors (Lipinski definition) is 5. The van der Waals surface area contributed by atoms with Gasteiger partial charge in [-0.2, -0.15) is 0 Å². The van der Waals surface area contributed by atoms with Crippen LogP contribution in [-0.2, 0) is 16.1 Å². The number of carbonyl (C=O) groups excluding carboxylic acids is 1. The van der Waals surface area contributed by atoms with E-state index < -0.39 is 5.54 Å². The summed E-state index contributed by atoms with van der Waals surface area (Å²) >= 11 is 0. The van der Waals surface area contributed by atoms with Gasteiger partial charge in [0.2, 0.25) is 5.91 Å². The fraction of sp³-hybridized carbons (Fsp3) is 0.688. The van der Waals surface area contributed by atoms with E-state index in [0.29, 0.717) is 12.4 Å². The molecule has 7 heteroatoms. The molecule has 2 aliphatic rings. The van der Waals surface area contributed by atoms with Crippen LogP contribution >= 0.6 is 12.4 Å². The van der Waals surface area contributed by atoms with Crippen LogP contribution in [-0.4, -0.2) is 34.1 Å². The normalized spacial score (nSPS) is 31.3. The first-order chi connectivity index (χ1) is 10.4. The maximum Gasteiger partial charge on any atom is 0.241 e. The first-order valence-corrected chi connectivity index (χ1v) is 7.84. The van der Waals surface area contributed by atoms with Crippen LogP contribution in [0.2, 0.25) is 0 Å². The molecule has 6 nitrogen and oxygen atoms in total. The lowest BCUT2D eigenvalue weighted by atomic mass is 9.46. The van der Waals surface area contributed by atoms with Crippen LogP contribution in [0.4, 0.5) is 0 Å². The molecular weight excluding hydrogens is 316 g/mol. The van der Waals surface area contributed by atoms with Gasteiger partial charge in [-0.15, -0.1) is 12.4 Å². The number of hydrogen-bond donors (Lipinski definition) is 2. The number of aryl methyl sites for hydroxylation is 1. The maximum atomic E-state index is 12.7. The number of aromatic nitrogens is 2. The molecule has 2 fully saturated rings. The number of nitrogens with two attached hydrogens (primary N) is 1. The SMILES string of the molecule is Cc1nccc(CNC(=O)C2(N)C3CCCOC3C2(C)C)n1.Cl. The lowest BCUT2D eigenvalue weighted by Crippen LogP contribution is -2.82. The van der Waals surface area contributed by atoms with Crippen LogP contribution < -0.4 is 11.1 Å². The van der Waals surface area contributed by atoms with E-state index in [0.717, 1.165) is 25.1 Å². The van der Waals surface area contributed by atoms with E-state index in [9.17, 15) is 4.79 Å². The Hall–Kier alpha value is -1.24. The standard InChI is InChI=1S/C16H24N4O2.ClH/c1-10-18-7-6-11(20-10)9-19-14(21)16(17)12-5-4-8-22-13(12)15(16,2)3;/h6-7,12-13H,4-5,8-9,17H2,1-3H3,(H,19,21);1H. The molecule has 3 rings (SSSR count). The average molecular weight is 341 g/mol. The smallest absolute Gasteiger partial charge is 0.241 e. The number of fused-ring (bicyclic) bond motifs is 1. The Bertz CT molecular complexity index is 595. The first-order valence-electron chi connectivity index (χ1n) is 7.84. The van der Waals surface area contributed by atoms with Crippen molar-refractivity contribution in [3.05, 3.63) is 23.8 Å². The quantitative estimate of drug-likeness (QED) is 0.867. The number of rotatable bonds is 3. The van der Waals surface area contributed by atoms with Crippen molar-refractivity contribution in [3.8, 4) is 0 Å². The molecular formula is C16H25ClN4O2. The van der Waals surface area contributed by atoms with Gasteiger partial charge < -0.3 is 15.8 Å². The molecule has 1 aliphatic carbocycles. The average Bonchev–Trinajstić information content (AvgIpc) is 2.51. The minimum Gasteiger partial charge on any atom is -0.377 e. The maximum absolute atomic E-state index is 12.7. The molecule has 0 spiro atoms. The van der Waals surface area contributed by atoms with Crippen molar-refractivity contribution in [1.29, 1.82) is 0 Å². The number of amides is 1. The Labute approximate surface area is 143 Å². The van der Waals surface area contributed by atoms with E-state index >= 15 is 0 Å². The van der Waals surface area contributed by atoms with Gasteiger partial charge in [-0.1, -0.05) is 13.8 Å². The van der Waals surface area contributed by atoms with Gasteiger partial charge >= 0.3 is 0 Å². The monoisotopic (exact) mass is 340 g/mol. The minimum absolute atomic E-state index is 0. The molecule has 0 bridgehead atoms. The van der Waals surface area contributed by atoms with Crippen LogP contribution in [0.15, 0.2) is 12.3 Å². The van der Waals surface area contributed by atoms with Crippen LogP contribution in [0.25, 0.3) is 0 Å². The van der Waals surface area contributed by atoms with Crippen molar-refractivity contribution >= 4 is 18.3 Å². The molecule has 1 aliphatic heterocycles. The fourth-order valence-electron chi connectivity index (χ4n) is 3.96. The van der Waals surface area contributed by atoms with Crippen LogP contribution in [0.3, 0.4) is 0 Å². The second-order valence-corrected chi connectivity index (χ2v) is 6.91. The van der Waals surface area contributed by atoms with E-state index in [1.165, 1.54) is 0 Å². The van der Waals surface area contributed by atoms with Crippen molar-refractivity contribution in [2.24, 2.45) is 17.1 Å². The second-order valence-electron chi connectivity index (χ2n) is 6.91. The summed E-state index contributed by atoms with van der Waals surface area (Å²) < 4.78 is 5.84. The van der Waals surface area contributed by atoms with Crippen molar-refractivity contribution in [2.45, 2.75) is 51.8 Å². The Morgan fingerprint density at radius 1 is 1.52 bits per heavy atom. The summed E-state index contributed by atoms with van der Waals surface area (Å²) in [4.78, 5) is 21.1. The molecule has 3 unspecified atom stereocenters. The van der Waals surface area contributed by atoms with Gasteiger partial charge in [-0.25, -0.2) is 9.97 Å². The lowest BCUT2D eigenvalue weighted by Gasteiger charge is -2.65. The molecule has 128 valence electrons. The van der Waals surface area contributed by atoms with Gasteiger partial charge in [0.1, 0.15) is 11.4 Å². The summed E-state index contributed by atoms with van der Waals surface area (Å²) in [5.74, 6) is 0.683. The van der Waals surface area contributed by atoms with E-state index in [1.54, 1.807) is 12.3 Å². The summed E-state index contributed by atoms with van der Waals surface area (Å²) in [6.45, 7) is 7.01. The third kappa shape index (κ3) is 2.73. The molecule has 3 N–H and O–H groups in total. The molecule has 1 amide bonds. The van der Waals surface area contributed by atoms with Crippen molar-refractivity contribution in [1.82, 2.24) is 15.3 Å². The zero-order valence-corrected chi connectivity index (χ0v) is 14.7. The largest absolute Gasteiger partial charge is 0.377 e. The lowest BCUT2D eigenvalue weighted by molar-refractivity contribution is -0.225. The van der Waals surface area contributed by atoms with Crippen LogP contribution in [0.5, 0.6) is 0 Å². The van der Waals surface area contributed by atoms with Crippen molar-refractivity contribution in [3.63, 3.8) is 0 Å². The number of carbonyl (C=O) groups is 1. The second kappa shape index (κ2) is 6.34. The molecule has 23 heavy (non-hydrogen) atoms. The van der Waals surface area contributed by atoms with Gasteiger partial charge in [-0.05, 0) is 25.8 Å². The predicted octanol–water partition coefficient (Wildman–Crippen LogP) is 1.36. The Kier molecular flexibility index (Phi) is 4.99. The zero-order chi connectivity index (χ0) is 16.0. The number of ether oxygens (including phenoxy) is 1. The summed E-state index contributed by atoms with van der Waals surface area (Å²) in [5.41, 5.74) is 6.11. The molecule has 2 heterocycles. The van der Waals surface area contributed by atoms with Gasteiger partial charge in [0.05, 0.1) is 18.3 Å². The summed E-state index contributed by atoms with van der Waals surface area (Å²) in [6, 6.07) is 1.80. The summed E-state index contributed by atoms with van der Waals surface area (Å²) in [5, 5.41) is 2.95. The van der Waals surface area contributed by atoms with Crippen LogP contribution in [0.1, 0.15) is 38.2 Å². The van der Waals surface area contributed by atoms with Crippen molar-refractivity contribution < 1.29 is 9.53 Å². The third-order valence-corrected chi connectivity index (χ3v) is 5.32. The molecule has 1 aromatic rings. The van der Waals surface area contributed by atoms with Gasteiger partial charge in [0.15, 0.2) is 0 Å². The zero-order valence-electron chi connectivity index (χ0n) is 13.8. The topological polar surface area (TPSA) is 90.1 Å². The van der Waals surface area contributed by atoms with Gasteiger partial charge in [0, 0.05) is 24.1 Å². The van der Waals surface area contributed by atoms with Gasteiger partial charge in [-0.3, -0.25) is 4.79 Å². The van der Waals surface area contributed by atoms with Crippen molar-refractivity contribution in [2.75, 3.05) is 6.61 Å². The molecule has 3 atom stereocenters. The van der Waals surface area contributed by atoms with E-state index in [-0.39, 0.29) is 35.8 Å². The minimum atomic E-state index is -0.875. The summed E-state index contributed by atoms with van der Waals surface area (Å²) in [6.07, 6.45) is 3.69. The number of nitrogens with zero attached hydrogens (tertiary/aromatic N) is 2. The Morgan fingerprint density at radius 2 is 2.26 bits per heavy atom. The molecule has 0 aromatic carbocycles. The van der Waals surface area contributed by atoms with E-state index in [4.69, 9.17) is 10.5 Å². The molecule has 1 saturated carbocycles. The third-order valence-electron chi connectivity index (χ3n) is 5.32. The molecule has 0 radical (unpaired) electrons. The fourth-order valence-corrected chi connectivity index (χ4v) is 3.96. The van der Waals surface area contributed by atoms with Crippen LogP contribution in [0, 0.1) is 18.3 Å². The predicted molar refractivity (Wildman–Crippen MR) is 89.0 cm³/mol. The summed E-state index contributed by atoms with van der Waals surface area (Å²) in [7, 11) is 0. The molecule has 1 aromatic heterocycles. The highest BCUT2D eigenvalue weighted by molar-refractivity contribution is 5.89. The first kappa shape index (κ1) is 18.1. The number of nitrogens with one attached hydrogen (secondary N) is 1. The van der Waals surface area contributed by atoms with E-state index in [2.05, 4.69) is 15.3 Å². The number of halogens is 1. The molecule has 1 saturated heterocycles. The highest BCUT2D eigenvalue weighted by atomic mass is 35.5. The Morgan fingerprint density at radius 3 is 2.96 bits per heavy atom. The van der Waals surface area contributed by atoms with E-state index in [1.807, 2.05) is 20.8 Å². The highest BCUT2D eigenvalue weighted by Crippen LogP contribution is 2.57. The van der Waals surface area contributed by atoms with Gasteiger partial charge in [0.25, 0.3) is 0 Å². The highest BCUT2D eigenvalue weighted by Gasteiger charge is 2.70.